The third-order valence-electron chi connectivity index (χ3n) is 3.91. The Bertz CT molecular complexity index is 691. The molecule has 1 aliphatic rings. The van der Waals surface area contributed by atoms with Gasteiger partial charge in [0.15, 0.2) is 0 Å². The van der Waals surface area contributed by atoms with Gasteiger partial charge in [-0.25, -0.2) is 0 Å². The molecule has 1 aromatic carbocycles. The monoisotopic (exact) mass is 299 g/mol. The van der Waals surface area contributed by atoms with E-state index in [0.717, 1.165) is 23.4 Å². The number of nitrogens with zero attached hydrogens (tertiary/aromatic N) is 2. The van der Waals surface area contributed by atoms with Crippen LogP contribution in [0.3, 0.4) is 0 Å². The number of ether oxygens (including phenoxy) is 1. The first-order chi connectivity index (χ1) is 10.6. The molecule has 22 heavy (non-hydrogen) atoms. The maximum Gasteiger partial charge on any atom is 0.255 e. The van der Waals surface area contributed by atoms with Crippen molar-refractivity contribution in [2.75, 3.05) is 6.61 Å². The fourth-order valence-electron chi connectivity index (χ4n) is 2.84. The van der Waals surface area contributed by atoms with Crippen molar-refractivity contribution >= 4 is 5.91 Å². The lowest BCUT2D eigenvalue weighted by Gasteiger charge is -2.26. The van der Waals surface area contributed by atoms with Crippen LogP contribution in [0, 0.1) is 0 Å². The van der Waals surface area contributed by atoms with Gasteiger partial charge in [-0.2, -0.15) is 5.10 Å². The summed E-state index contributed by atoms with van der Waals surface area (Å²) in [6.45, 7) is 4.71. The lowest BCUT2D eigenvalue weighted by Crippen LogP contribution is -2.32. The largest absolute Gasteiger partial charge is 0.493 e. The van der Waals surface area contributed by atoms with Crippen molar-refractivity contribution < 1.29 is 9.53 Å². The van der Waals surface area contributed by atoms with Gasteiger partial charge in [0, 0.05) is 25.2 Å². The molecule has 5 heteroatoms. The van der Waals surface area contributed by atoms with Gasteiger partial charge in [0.2, 0.25) is 0 Å². The van der Waals surface area contributed by atoms with Gasteiger partial charge in [0.1, 0.15) is 5.75 Å². The smallest absolute Gasteiger partial charge is 0.255 e. The molecule has 1 amide bonds. The molecule has 0 saturated heterocycles. The van der Waals surface area contributed by atoms with E-state index in [2.05, 4.69) is 10.4 Å². The molecule has 1 aliphatic heterocycles. The first-order valence-electron chi connectivity index (χ1n) is 7.62. The Morgan fingerprint density at radius 3 is 2.95 bits per heavy atom. The minimum Gasteiger partial charge on any atom is -0.493 e. The van der Waals surface area contributed by atoms with E-state index in [1.54, 1.807) is 10.9 Å². The van der Waals surface area contributed by atoms with Crippen LogP contribution in [0.2, 0.25) is 0 Å². The lowest BCUT2D eigenvalue weighted by molar-refractivity contribution is 0.0923. The van der Waals surface area contributed by atoms with Crippen LogP contribution >= 0.6 is 0 Å². The number of fused-ring (bicyclic) bond motifs is 1. The number of hydrogen-bond acceptors (Lipinski definition) is 3. The van der Waals surface area contributed by atoms with Crippen molar-refractivity contribution in [3.63, 3.8) is 0 Å². The zero-order valence-corrected chi connectivity index (χ0v) is 13.2. The van der Waals surface area contributed by atoms with Crippen LogP contribution in [-0.4, -0.2) is 22.3 Å². The van der Waals surface area contributed by atoms with Gasteiger partial charge >= 0.3 is 0 Å². The molecular weight excluding hydrogens is 278 g/mol. The molecule has 0 radical (unpaired) electrons. The zero-order valence-electron chi connectivity index (χ0n) is 13.2. The van der Waals surface area contributed by atoms with E-state index in [1.807, 2.05) is 45.2 Å². The van der Waals surface area contributed by atoms with E-state index in [-0.39, 0.29) is 17.9 Å². The molecule has 0 saturated carbocycles. The third kappa shape index (κ3) is 2.71. The molecule has 5 nitrogen and oxygen atoms in total. The number of carbonyl (C=O) groups is 1. The van der Waals surface area contributed by atoms with Crippen molar-refractivity contribution in [3.05, 3.63) is 47.3 Å². The van der Waals surface area contributed by atoms with Gasteiger partial charge in [-0.05, 0) is 12.0 Å². The summed E-state index contributed by atoms with van der Waals surface area (Å²) >= 11 is 0. The maximum absolute atomic E-state index is 12.7. The molecule has 1 unspecified atom stereocenters. The SMILES string of the molecule is CC(C)c1nn(C)cc1C(=O)NC1CCOc2ccccc21. The highest BCUT2D eigenvalue weighted by molar-refractivity contribution is 5.95. The van der Waals surface area contributed by atoms with Crippen LogP contribution < -0.4 is 10.1 Å². The van der Waals surface area contributed by atoms with Gasteiger partial charge in [0.05, 0.1) is 23.9 Å². The Morgan fingerprint density at radius 1 is 1.41 bits per heavy atom. The molecule has 1 aromatic heterocycles. The van der Waals surface area contributed by atoms with Crippen molar-refractivity contribution in [2.24, 2.45) is 7.05 Å². The predicted octanol–water partition coefficient (Wildman–Crippen LogP) is 2.80. The molecule has 0 bridgehead atoms. The molecule has 0 spiro atoms. The lowest BCUT2D eigenvalue weighted by atomic mass is 9.99. The highest BCUT2D eigenvalue weighted by Gasteiger charge is 2.25. The number of benzene rings is 1. The van der Waals surface area contributed by atoms with E-state index in [4.69, 9.17) is 4.74 Å². The fourth-order valence-corrected chi connectivity index (χ4v) is 2.84. The fraction of sp³-hybridized carbons (Fsp3) is 0.412. The molecule has 1 N–H and O–H groups in total. The van der Waals surface area contributed by atoms with Crippen LogP contribution in [-0.2, 0) is 7.05 Å². The number of aromatic nitrogens is 2. The van der Waals surface area contributed by atoms with E-state index < -0.39 is 0 Å². The molecule has 116 valence electrons. The van der Waals surface area contributed by atoms with Gasteiger partial charge in [-0.3, -0.25) is 9.48 Å². The summed E-state index contributed by atoms with van der Waals surface area (Å²) in [4.78, 5) is 12.7. The molecule has 1 atom stereocenters. The number of amides is 1. The van der Waals surface area contributed by atoms with Crippen molar-refractivity contribution in [3.8, 4) is 5.75 Å². The summed E-state index contributed by atoms with van der Waals surface area (Å²) < 4.78 is 7.34. The second kappa shape index (κ2) is 5.83. The zero-order chi connectivity index (χ0) is 15.7. The number of aryl methyl sites for hydroxylation is 1. The summed E-state index contributed by atoms with van der Waals surface area (Å²) in [6, 6.07) is 7.85. The maximum atomic E-state index is 12.7. The van der Waals surface area contributed by atoms with E-state index in [1.165, 1.54) is 0 Å². The second-order valence-corrected chi connectivity index (χ2v) is 5.96. The third-order valence-corrected chi connectivity index (χ3v) is 3.91. The summed E-state index contributed by atoms with van der Waals surface area (Å²) in [5, 5.41) is 7.53. The Hall–Kier alpha value is -2.30. The first-order valence-corrected chi connectivity index (χ1v) is 7.62. The Kier molecular flexibility index (Phi) is 3.88. The normalized spacial score (nSPS) is 17.0. The van der Waals surface area contributed by atoms with E-state index in [9.17, 15) is 4.79 Å². The molecule has 2 aromatic rings. The minimum atomic E-state index is -0.0708. The van der Waals surface area contributed by atoms with Gasteiger partial charge in [-0.1, -0.05) is 32.0 Å². The highest BCUT2D eigenvalue weighted by Crippen LogP contribution is 2.32. The van der Waals surface area contributed by atoms with Crippen LogP contribution in [0.1, 0.15) is 53.8 Å². The Morgan fingerprint density at radius 2 is 2.18 bits per heavy atom. The Labute approximate surface area is 130 Å². The predicted molar refractivity (Wildman–Crippen MR) is 84.1 cm³/mol. The minimum absolute atomic E-state index is 0.0160. The number of carbonyl (C=O) groups excluding carboxylic acids is 1. The number of rotatable bonds is 3. The Balaban J connectivity index is 1.84. The van der Waals surface area contributed by atoms with Gasteiger partial charge < -0.3 is 10.1 Å². The van der Waals surface area contributed by atoms with Gasteiger partial charge in [0.25, 0.3) is 5.91 Å². The van der Waals surface area contributed by atoms with Crippen molar-refractivity contribution in [2.45, 2.75) is 32.2 Å². The van der Waals surface area contributed by atoms with Crippen molar-refractivity contribution in [1.82, 2.24) is 15.1 Å². The average molecular weight is 299 g/mol. The summed E-state index contributed by atoms with van der Waals surface area (Å²) in [6.07, 6.45) is 2.57. The second-order valence-electron chi connectivity index (χ2n) is 5.96. The standard InChI is InChI=1S/C17H21N3O2/c1-11(2)16-13(10-20(3)19-16)17(21)18-14-8-9-22-15-7-5-4-6-12(14)15/h4-7,10-11,14H,8-9H2,1-3H3,(H,18,21). The van der Waals surface area contributed by atoms with E-state index >= 15 is 0 Å². The van der Waals surface area contributed by atoms with E-state index in [0.29, 0.717) is 12.2 Å². The van der Waals surface area contributed by atoms with Crippen LogP contribution in [0.15, 0.2) is 30.5 Å². The number of nitrogens with one attached hydrogen (secondary N) is 1. The average Bonchev–Trinajstić information content (AvgIpc) is 2.90. The quantitative estimate of drug-likeness (QED) is 0.948. The molecule has 0 aliphatic carbocycles. The summed E-state index contributed by atoms with van der Waals surface area (Å²) in [5.74, 6) is 0.997. The van der Waals surface area contributed by atoms with Crippen LogP contribution in [0.5, 0.6) is 5.75 Å². The molecule has 2 heterocycles. The number of para-hydroxylation sites is 1. The van der Waals surface area contributed by atoms with Gasteiger partial charge in [-0.15, -0.1) is 0 Å². The van der Waals surface area contributed by atoms with Crippen LogP contribution in [0.4, 0.5) is 0 Å². The molecular formula is C17H21N3O2. The number of hydrogen-bond donors (Lipinski definition) is 1. The topological polar surface area (TPSA) is 56.2 Å². The van der Waals surface area contributed by atoms with Crippen LogP contribution in [0.25, 0.3) is 0 Å². The van der Waals surface area contributed by atoms with Crippen molar-refractivity contribution in [1.29, 1.82) is 0 Å². The highest BCUT2D eigenvalue weighted by atomic mass is 16.5. The molecule has 0 fully saturated rings. The summed E-state index contributed by atoms with van der Waals surface area (Å²) in [7, 11) is 1.84. The molecule has 3 rings (SSSR count). The summed E-state index contributed by atoms with van der Waals surface area (Å²) in [5.41, 5.74) is 2.53. The first kappa shape index (κ1) is 14.6.